The largest absolute Gasteiger partial charge is 0.379 e. The zero-order chi connectivity index (χ0) is 18.3. The van der Waals surface area contributed by atoms with Crippen molar-refractivity contribution < 1.29 is 17.3 Å². The molecular formula is C20H17BrO4S. The average Bonchev–Trinajstić information content (AvgIpc) is 3.41. The fraction of sp³-hybridized carbons (Fsp3) is 0.200. The Labute approximate surface area is 161 Å². The van der Waals surface area contributed by atoms with Crippen molar-refractivity contribution in [2.24, 2.45) is 0 Å². The Morgan fingerprint density at radius 2 is 1.85 bits per heavy atom. The number of halogens is 1. The molecule has 1 atom stereocenters. The predicted octanol–water partition coefficient (Wildman–Crippen LogP) is 4.62. The number of fused-ring (bicyclic) bond motifs is 1. The molecule has 4 nitrogen and oxygen atoms in total. The summed E-state index contributed by atoms with van der Waals surface area (Å²) in [7, 11) is -3.89. The van der Waals surface area contributed by atoms with Gasteiger partial charge in [0.05, 0.1) is 12.7 Å². The summed E-state index contributed by atoms with van der Waals surface area (Å²) < 4.78 is 37.2. The topological polar surface area (TPSA) is 55.9 Å². The number of benzene rings is 3. The van der Waals surface area contributed by atoms with Gasteiger partial charge < -0.3 is 8.92 Å². The van der Waals surface area contributed by atoms with Gasteiger partial charge in [-0.25, -0.2) is 0 Å². The Balaban J connectivity index is 1.77. The average molecular weight is 433 g/mol. The van der Waals surface area contributed by atoms with Crippen molar-refractivity contribution >= 4 is 36.8 Å². The summed E-state index contributed by atoms with van der Waals surface area (Å²) in [6, 6.07) is 16.2. The molecular weight excluding hydrogens is 416 g/mol. The van der Waals surface area contributed by atoms with E-state index >= 15 is 0 Å². The van der Waals surface area contributed by atoms with Crippen molar-refractivity contribution in [1.29, 1.82) is 0 Å². The summed E-state index contributed by atoms with van der Waals surface area (Å²) in [6.07, 6.45) is 0.742. The molecule has 6 heteroatoms. The Morgan fingerprint density at radius 3 is 2.54 bits per heavy atom. The smallest absolute Gasteiger partial charge is 0.339 e. The van der Waals surface area contributed by atoms with Crippen LogP contribution in [0, 0.1) is 6.92 Å². The second-order valence-corrected chi connectivity index (χ2v) is 8.88. The molecule has 3 aromatic carbocycles. The third-order valence-corrected chi connectivity index (χ3v) is 6.14. The van der Waals surface area contributed by atoms with E-state index in [0.717, 1.165) is 26.4 Å². The molecule has 0 aliphatic carbocycles. The first-order chi connectivity index (χ1) is 12.4. The van der Waals surface area contributed by atoms with E-state index in [2.05, 4.69) is 15.9 Å². The van der Waals surface area contributed by atoms with Crippen LogP contribution in [0.25, 0.3) is 10.8 Å². The monoisotopic (exact) mass is 432 g/mol. The van der Waals surface area contributed by atoms with Crippen LogP contribution in [0.3, 0.4) is 0 Å². The van der Waals surface area contributed by atoms with Crippen molar-refractivity contribution in [3.05, 3.63) is 70.2 Å². The highest BCUT2D eigenvalue weighted by Gasteiger charge is 2.27. The van der Waals surface area contributed by atoms with Crippen LogP contribution in [0.1, 0.15) is 11.1 Å². The fourth-order valence-corrected chi connectivity index (χ4v) is 4.26. The lowest BCUT2D eigenvalue weighted by Gasteiger charge is -2.14. The molecule has 4 rings (SSSR count). The van der Waals surface area contributed by atoms with Crippen LogP contribution < -0.4 is 4.18 Å². The van der Waals surface area contributed by atoms with Crippen molar-refractivity contribution in [1.82, 2.24) is 0 Å². The lowest BCUT2D eigenvalue weighted by Crippen LogP contribution is -2.12. The van der Waals surface area contributed by atoms with Crippen LogP contribution in [0.15, 0.2) is 64.0 Å². The summed E-state index contributed by atoms with van der Waals surface area (Å²) >= 11 is 3.47. The van der Waals surface area contributed by atoms with Gasteiger partial charge in [0.25, 0.3) is 0 Å². The Kier molecular flexibility index (Phi) is 4.50. The molecule has 3 aromatic rings. The lowest BCUT2D eigenvalue weighted by molar-refractivity contribution is 0.405. The number of hydrogen-bond acceptors (Lipinski definition) is 4. The maximum Gasteiger partial charge on any atom is 0.339 e. The molecule has 1 saturated heterocycles. The third kappa shape index (κ3) is 3.63. The van der Waals surface area contributed by atoms with Crippen LogP contribution in [-0.4, -0.2) is 21.1 Å². The molecule has 0 amide bonds. The summed E-state index contributed by atoms with van der Waals surface area (Å²) in [5, 5.41) is 2.00. The lowest BCUT2D eigenvalue weighted by atomic mass is 10.00. The zero-order valence-electron chi connectivity index (χ0n) is 14.1. The number of epoxide rings is 1. The van der Waals surface area contributed by atoms with Crippen molar-refractivity contribution in [3.63, 3.8) is 0 Å². The maximum atomic E-state index is 12.7. The van der Waals surface area contributed by atoms with E-state index in [0.29, 0.717) is 18.8 Å². The molecule has 0 N–H and O–H groups in total. The molecule has 0 bridgehead atoms. The first-order valence-electron chi connectivity index (χ1n) is 8.26. The molecule has 1 aliphatic heterocycles. The third-order valence-electron chi connectivity index (χ3n) is 4.39. The number of aryl methyl sites for hydroxylation is 1. The number of hydrogen-bond donors (Lipinski definition) is 0. The zero-order valence-corrected chi connectivity index (χ0v) is 16.5. The quantitative estimate of drug-likeness (QED) is 0.435. The molecule has 0 spiro atoms. The van der Waals surface area contributed by atoms with Gasteiger partial charge in [0, 0.05) is 16.5 Å². The van der Waals surface area contributed by atoms with E-state index in [4.69, 9.17) is 8.92 Å². The normalized spacial score (nSPS) is 16.6. The molecule has 0 radical (unpaired) electrons. The molecule has 1 heterocycles. The SMILES string of the molecule is Cc1ccc(S(=O)(=O)Oc2ccc3cc(Br)ccc3c2C[C@@H]2CO2)cc1. The summed E-state index contributed by atoms with van der Waals surface area (Å²) in [5.41, 5.74) is 1.85. The van der Waals surface area contributed by atoms with Gasteiger partial charge >= 0.3 is 10.1 Å². The molecule has 134 valence electrons. The van der Waals surface area contributed by atoms with Gasteiger partial charge in [0.15, 0.2) is 0 Å². The van der Waals surface area contributed by atoms with Crippen LogP contribution in [0.5, 0.6) is 5.75 Å². The van der Waals surface area contributed by atoms with Gasteiger partial charge in [-0.2, -0.15) is 8.42 Å². The van der Waals surface area contributed by atoms with Crippen molar-refractivity contribution in [2.75, 3.05) is 6.61 Å². The van der Waals surface area contributed by atoms with Gasteiger partial charge in [0.2, 0.25) is 0 Å². The fourth-order valence-electron chi connectivity index (χ4n) is 2.92. The number of ether oxygens (including phenoxy) is 1. The standard InChI is InChI=1S/C20H17BrO4S/c1-13-2-6-17(7-3-13)26(22,23)25-20-9-4-14-10-15(21)5-8-18(14)19(20)11-16-12-24-16/h2-10,16H,11-12H2,1H3/t16-/m1/s1. The molecule has 0 unspecified atom stereocenters. The van der Waals surface area contributed by atoms with Gasteiger partial charge in [0.1, 0.15) is 10.6 Å². The van der Waals surface area contributed by atoms with Gasteiger partial charge in [-0.15, -0.1) is 0 Å². The van der Waals surface area contributed by atoms with E-state index in [9.17, 15) is 8.42 Å². The molecule has 1 aliphatic rings. The predicted molar refractivity (Wildman–Crippen MR) is 104 cm³/mol. The first kappa shape index (κ1) is 17.5. The van der Waals surface area contributed by atoms with E-state index in [1.807, 2.05) is 31.2 Å². The Hall–Kier alpha value is -1.89. The van der Waals surface area contributed by atoms with Crippen molar-refractivity contribution in [2.45, 2.75) is 24.3 Å². The minimum Gasteiger partial charge on any atom is -0.379 e. The second-order valence-electron chi connectivity index (χ2n) is 6.42. The minimum atomic E-state index is -3.89. The van der Waals surface area contributed by atoms with Crippen LogP contribution in [0.4, 0.5) is 0 Å². The van der Waals surface area contributed by atoms with Crippen molar-refractivity contribution in [3.8, 4) is 5.75 Å². The maximum absolute atomic E-state index is 12.7. The summed E-state index contributed by atoms with van der Waals surface area (Å²) in [6.45, 7) is 2.60. The van der Waals surface area contributed by atoms with Crippen LogP contribution >= 0.6 is 15.9 Å². The van der Waals surface area contributed by atoms with E-state index in [1.54, 1.807) is 30.3 Å². The van der Waals surface area contributed by atoms with Gasteiger partial charge in [-0.3, -0.25) is 0 Å². The Bertz CT molecular complexity index is 1070. The molecule has 0 saturated carbocycles. The summed E-state index contributed by atoms with van der Waals surface area (Å²) in [5.74, 6) is 0.357. The van der Waals surface area contributed by atoms with Crippen LogP contribution in [0.2, 0.25) is 0 Å². The van der Waals surface area contributed by atoms with Crippen LogP contribution in [-0.2, 0) is 21.3 Å². The van der Waals surface area contributed by atoms with E-state index < -0.39 is 10.1 Å². The molecule has 26 heavy (non-hydrogen) atoms. The highest BCUT2D eigenvalue weighted by atomic mass is 79.9. The Morgan fingerprint density at radius 1 is 1.12 bits per heavy atom. The van der Waals surface area contributed by atoms with Gasteiger partial charge in [-0.05, 0) is 48.0 Å². The highest BCUT2D eigenvalue weighted by Crippen LogP contribution is 2.34. The number of rotatable bonds is 5. The second kappa shape index (κ2) is 6.68. The van der Waals surface area contributed by atoms with Gasteiger partial charge in [-0.1, -0.05) is 45.8 Å². The first-order valence-corrected chi connectivity index (χ1v) is 10.5. The van der Waals surface area contributed by atoms with E-state index in [1.165, 1.54) is 0 Å². The summed E-state index contributed by atoms with van der Waals surface area (Å²) in [4.78, 5) is 0.146. The highest BCUT2D eigenvalue weighted by molar-refractivity contribution is 9.10. The molecule has 1 fully saturated rings. The minimum absolute atomic E-state index is 0.119. The molecule has 0 aromatic heterocycles. The van der Waals surface area contributed by atoms with E-state index in [-0.39, 0.29) is 11.0 Å².